The van der Waals surface area contributed by atoms with Crippen molar-refractivity contribution >= 4 is 11.8 Å². The van der Waals surface area contributed by atoms with E-state index in [1.807, 2.05) is 24.9 Å². The van der Waals surface area contributed by atoms with Gasteiger partial charge in [-0.25, -0.2) is 0 Å². The predicted molar refractivity (Wildman–Crippen MR) is 64.2 cm³/mol. The molecule has 2 heterocycles. The minimum Gasteiger partial charge on any atom is -0.373 e. The van der Waals surface area contributed by atoms with E-state index in [1.54, 1.807) is 0 Å². The number of hydrogen-bond acceptors (Lipinski definition) is 3. The maximum atomic E-state index is 5.81. The second-order valence-corrected chi connectivity index (χ2v) is 5.11. The van der Waals surface area contributed by atoms with Gasteiger partial charge in [0.05, 0.1) is 6.10 Å². The lowest BCUT2D eigenvalue weighted by Gasteiger charge is -2.28. The highest BCUT2D eigenvalue weighted by Gasteiger charge is 2.23. The molecule has 0 amide bonds. The van der Waals surface area contributed by atoms with E-state index in [9.17, 15) is 0 Å². The van der Waals surface area contributed by atoms with E-state index >= 15 is 0 Å². The topological polar surface area (TPSA) is 22.1 Å². The molecule has 1 aliphatic rings. The van der Waals surface area contributed by atoms with Crippen LogP contribution in [-0.2, 0) is 4.74 Å². The Hall–Kier alpha value is -0.540. The van der Waals surface area contributed by atoms with E-state index in [1.165, 1.54) is 12.0 Å². The van der Waals surface area contributed by atoms with Gasteiger partial charge in [-0.1, -0.05) is 0 Å². The lowest BCUT2D eigenvalue weighted by molar-refractivity contribution is 0.0178. The number of aryl methyl sites for hydroxylation is 1. The maximum Gasteiger partial charge on any atom is 0.0836 e. The normalized spacial score (nSPS) is 26.5. The molecule has 3 heteroatoms. The monoisotopic (exact) mass is 223 g/mol. The van der Waals surface area contributed by atoms with E-state index in [2.05, 4.69) is 23.4 Å². The van der Waals surface area contributed by atoms with Gasteiger partial charge in [0.25, 0.3) is 0 Å². The van der Waals surface area contributed by atoms with Gasteiger partial charge in [-0.15, -0.1) is 0 Å². The highest BCUT2D eigenvalue weighted by atomic mass is 32.2. The molecule has 2 rings (SSSR count). The Balaban J connectivity index is 2.09. The number of nitrogens with zero attached hydrogens (tertiary/aromatic N) is 1. The Morgan fingerprint density at radius 2 is 2.40 bits per heavy atom. The van der Waals surface area contributed by atoms with Crippen molar-refractivity contribution in [3.05, 3.63) is 29.6 Å². The minimum absolute atomic E-state index is 0.276. The first-order chi connectivity index (χ1) is 7.29. The van der Waals surface area contributed by atoms with Gasteiger partial charge < -0.3 is 4.74 Å². The number of hydrogen-bond donors (Lipinski definition) is 0. The number of pyridine rings is 1. The third kappa shape index (κ3) is 2.73. The number of aromatic nitrogens is 1. The predicted octanol–water partition coefficient (Wildman–Crippen LogP) is 2.97. The second-order valence-electron chi connectivity index (χ2n) is 3.97. The molecular weight excluding hydrogens is 206 g/mol. The van der Waals surface area contributed by atoms with Crippen LogP contribution >= 0.6 is 11.8 Å². The lowest BCUT2D eigenvalue weighted by atomic mass is 10.0. The van der Waals surface area contributed by atoms with Crippen molar-refractivity contribution in [3.8, 4) is 0 Å². The summed E-state index contributed by atoms with van der Waals surface area (Å²) < 4.78 is 5.81. The molecule has 1 aromatic rings. The summed E-state index contributed by atoms with van der Waals surface area (Å²) in [5.74, 6) is 0. The maximum absolute atomic E-state index is 5.81. The summed E-state index contributed by atoms with van der Waals surface area (Å²) in [6.45, 7) is 2.91. The van der Waals surface area contributed by atoms with Crippen LogP contribution < -0.4 is 0 Å². The zero-order chi connectivity index (χ0) is 10.7. The van der Waals surface area contributed by atoms with Gasteiger partial charge in [-0.2, -0.15) is 11.8 Å². The Morgan fingerprint density at radius 1 is 1.53 bits per heavy atom. The molecule has 2 atom stereocenters. The first-order valence-corrected chi connectivity index (χ1v) is 6.65. The average molecular weight is 223 g/mol. The van der Waals surface area contributed by atoms with Gasteiger partial charge >= 0.3 is 0 Å². The molecule has 0 spiro atoms. The van der Waals surface area contributed by atoms with Crippen LogP contribution in [0.1, 0.15) is 30.2 Å². The smallest absolute Gasteiger partial charge is 0.0836 e. The fourth-order valence-electron chi connectivity index (χ4n) is 1.98. The van der Waals surface area contributed by atoms with Gasteiger partial charge in [-0.05, 0) is 43.7 Å². The number of thioether (sulfide) groups is 1. The van der Waals surface area contributed by atoms with Crippen LogP contribution in [0.3, 0.4) is 0 Å². The molecule has 2 nitrogen and oxygen atoms in total. The number of ether oxygens (including phenoxy) is 1. The van der Waals surface area contributed by atoms with E-state index < -0.39 is 0 Å². The van der Waals surface area contributed by atoms with E-state index in [0.29, 0.717) is 0 Å². The first-order valence-electron chi connectivity index (χ1n) is 5.36. The Labute approximate surface area is 95.4 Å². The van der Waals surface area contributed by atoms with Crippen LogP contribution in [-0.4, -0.2) is 23.1 Å². The van der Waals surface area contributed by atoms with Crippen molar-refractivity contribution < 1.29 is 4.74 Å². The van der Waals surface area contributed by atoms with Crippen molar-refractivity contribution in [1.29, 1.82) is 0 Å². The summed E-state index contributed by atoms with van der Waals surface area (Å²) in [7, 11) is 0. The summed E-state index contributed by atoms with van der Waals surface area (Å²) in [6, 6.07) is 4.20. The lowest BCUT2D eigenvalue weighted by Crippen LogP contribution is -2.21. The van der Waals surface area contributed by atoms with Crippen LogP contribution in [0.25, 0.3) is 0 Å². The Bertz CT molecular complexity index is 329. The van der Waals surface area contributed by atoms with Crippen molar-refractivity contribution in [3.63, 3.8) is 0 Å². The van der Waals surface area contributed by atoms with E-state index in [0.717, 1.165) is 24.0 Å². The third-order valence-corrected chi connectivity index (χ3v) is 3.96. The molecule has 1 aliphatic heterocycles. The standard InChI is InChI=1S/C12H17NOS/c1-9-7-10(3-5-13-9)12-8-11(15-2)4-6-14-12/h3,5,7,11-12H,4,6,8H2,1-2H3. The summed E-state index contributed by atoms with van der Waals surface area (Å²) in [5, 5.41) is 0.747. The molecule has 1 aromatic heterocycles. The number of rotatable bonds is 2. The van der Waals surface area contributed by atoms with Gasteiger partial charge in [0.2, 0.25) is 0 Å². The van der Waals surface area contributed by atoms with Crippen molar-refractivity contribution in [1.82, 2.24) is 4.98 Å². The molecule has 15 heavy (non-hydrogen) atoms. The molecule has 0 N–H and O–H groups in total. The molecule has 0 radical (unpaired) electrons. The molecule has 0 bridgehead atoms. The molecule has 0 saturated carbocycles. The highest BCUT2D eigenvalue weighted by molar-refractivity contribution is 7.99. The molecular formula is C12H17NOS. The molecule has 1 fully saturated rings. The van der Waals surface area contributed by atoms with Crippen LogP contribution in [0.4, 0.5) is 0 Å². The van der Waals surface area contributed by atoms with Crippen molar-refractivity contribution in [2.75, 3.05) is 12.9 Å². The quantitative estimate of drug-likeness (QED) is 0.769. The average Bonchev–Trinajstić information content (AvgIpc) is 2.29. The molecule has 1 saturated heterocycles. The zero-order valence-corrected chi connectivity index (χ0v) is 10.1. The second kappa shape index (κ2) is 4.99. The van der Waals surface area contributed by atoms with Gasteiger partial charge in [0.15, 0.2) is 0 Å². The fraction of sp³-hybridized carbons (Fsp3) is 0.583. The SMILES string of the molecule is CSC1CCOC(c2ccnc(C)c2)C1. The van der Waals surface area contributed by atoms with Crippen molar-refractivity contribution in [2.24, 2.45) is 0 Å². The van der Waals surface area contributed by atoms with Gasteiger partial charge in [0.1, 0.15) is 0 Å². The summed E-state index contributed by atoms with van der Waals surface area (Å²) >= 11 is 1.95. The molecule has 82 valence electrons. The summed E-state index contributed by atoms with van der Waals surface area (Å²) in [5.41, 5.74) is 2.35. The van der Waals surface area contributed by atoms with E-state index in [-0.39, 0.29) is 6.10 Å². The molecule has 0 aliphatic carbocycles. The Morgan fingerprint density at radius 3 is 3.13 bits per heavy atom. The zero-order valence-electron chi connectivity index (χ0n) is 9.27. The van der Waals surface area contributed by atoms with Gasteiger partial charge in [0, 0.05) is 23.7 Å². The highest BCUT2D eigenvalue weighted by Crippen LogP contribution is 2.32. The summed E-state index contributed by atoms with van der Waals surface area (Å²) in [6.07, 6.45) is 6.64. The van der Waals surface area contributed by atoms with Gasteiger partial charge in [-0.3, -0.25) is 4.98 Å². The molecule has 0 aromatic carbocycles. The fourth-order valence-corrected chi connectivity index (χ4v) is 2.68. The first kappa shape index (κ1) is 11.0. The summed E-state index contributed by atoms with van der Waals surface area (Å²) in [4.78, 5) is 4.21. The Kier molecular flexibility index (Phi) is 3.65. The molecule has 2 unspecified atom stereocenters. The van der Waals surface area contributed by atoms with Crippen LogP contribution in [0.15, 0.2) is 18.3 Å². The van der Waals surface area contributed by atoms with Crippen molar-refractivity contribution in [2.45, 2.75) is 31.1 Å². The van der Waals surface area contributed by atoms with Crippen LogP contribution in [0.5, 0.6) is 0 Å². The van der Waals surface area contributed by atoms with Crippen LogP contribution in [0, 0.1) is 6.92 Å². The largest absolute Gasteiger partial charge is 0.373 e. The minimum atomic E-state index is 0.276. The van der Waals surface area contributed by atoms with E-state index in [4.69, 9.17) is 4.74 Å². The van der Waals surface area contributed by atoms with Crippen LogP contribution in [0.2, 0.25) is 0 Å². The third-order valence-electron chi connectivity index (χ3n) is 2.86.